The first-order valence-electron chi connectivity index (χ1n) is 21.5. The Balaban J connectivity index is 0.000000186. The number of carboxylic acids is 1. The van der Waals surface area contributed by atoms with E-state index in [1.165, 1.54) is 0 Å². The number of pyridine rings is 1. The number of rotatable bonds is 14. The van der Waals surface area contributed by atoms with Gasteiger partial charge in [0.25, 0.3) is 5.91 Å². The van der Waals surface area contributed by atoms with Gasteiger partial charge in [0.1, 0.15) is 24.7 Å². The van der Waals surface area contributed by atoms with Crippen LogP contribution >= 0.6 is 23.2 Å². The third-order valence-electron chi connectivity index (χ3n) is 11.0. The number of benzene rings is 6. The first-order chi connectivity index (χ1) is 32.6. The standard InChI is InChI=1S/C31H26ClN3O2.C25H20ClNO3/c1-22-9-15-29(28-18-26(32)12-16-30(28)37-21-23-6-3-2-4-7-23)35(22)27-13-10-25(11-14-27)31(36)34-20-24-8-5-17-33-19-24;1-17-7-13-23(27(17)21-11-8-19(9-12-21)25(28)29)22-15-20(26)10-14-24(22)30-16-18-5-3-2-4-6-18/h2-19H,20-21H2,1H3,(H,34,36);2-15H,16H2,1H3,(H,28,29). The number of hydrogen-bond donors (Lipinski definition) is 2. The van der Waals surface area contributed by atoms with E-state index in [9.17, 15) is 14.7 Å². The van der Waals surface area contributed by atoms with Gasteiger partial charge in [-0.05, 0) is 146 Å². The summed E-state index contributed by atoms with van der Waals surface area (Å²) < 4.78 is 16.6. The van der Waals surface area contributed by atoms with Crippen LogP contribution in [0.3, 0.4) is 0 Å². The first-order valence-corrected chi connectivity index (χ1v) is 22.3. The van der Waals surface area contributed by atoms with Crippen molar-refractivity contribution in [1.82, 2.24) is 19.4 Å². The number of ether oxygens (including phenoxy) is 2. The first kappa shape index (κ1) is 45.7. The molecular weight excluding hydrogens is 880 g/mol. The lowest BCUT2D eigenvalue weighted by molar-refractivity contribution is 0.0696. The van der Waals surface area contributed by atoms with Gasteiger partial charge in [-0.25, -0.2) is 4.79 Å². The van der Waals surface area contributed by atoms with Gasteiger partial charge in [0.05, 0.1) is 17.0 Å². The summed E-state index contributed by atoms with van der Waals surface area (Å²) in [5.41, 5.74) is 11.5. The van der Waals surface area contributed by atoms with Crippen molar-refractivity contribution in [2.24, 2.45) is 0 Å². The molecule has 334 valence electrons. The van der Waals surface area contributed by atoms with Gasteiger partial charge >= 0.3 is 5.97 Å². The molecule has 3 aromatic heterocycles. The summed E-state index contributed by atoms with van der Waals surface area (Å²) in [5, 5.41) is 13.4. The van der Waals surface area contributed by atoms with Crippen LogP contribution in [0, 0.1) is 13.8 Å². The van der Waals surface area contributed by atoms with Gasteiger partial charge in [-0.3, -0.25) is 9.78 Å². The van der Waals surface area contributed by atoms with Crippen molar-refractivity contribution in [3.63, 3.8) is 0 Å². The van der Waals surface area contributed by atoms with Crippen LogP contribution in [0.25, 0.3) is 33.9 Å². The third-order valence-corrected chi connectivity index (χ3v) is 11.5. The molecular formula is C56H46Cl2N4O5. The smallest absolute Gasteiger partial charge is 0.335 e. The van der Waals surface area contributed by atoms with E-state index < -0.39 is 5.97 Å². The van der Waals surface area contributed by atoms with E-state index in [-0.39, 0.29) is 11.5 Å². The molecule has 2 N–H and O–H groups in total. The van der Waals surface area contributed by atoms with Crippen LogP contribution in [0.5, 0.6) is 11.5 Å². The Morgan fingerprint density at radius 3 is 1.46 bits per heavy atom. The number of halogens is 2. The molecule has 1 amide bonds. The summed E-state index contributed by atoms with van der Waals surface area (Å²) in [4.78, 5) is 27.9. The molecule has 0 radical (unpaired) electrons. The van der Waals surface area contributed by atoms with Crippen molar-refractivity contribution in [2.75, 3.05) is 0 Å². The maximum Gasteiger partial charge on any atom is 0.335 e. The topological polar surface area (TPSA) is 108 Å². The van der Waals surface area contributed by atoms with Crippen LogP contribution in [-0.4, -0.2) is 31.1 Å². The highest BCUT2D eigenvalue weighted by molar-refractivity contribution is 6.31. The van der Waals surface area contributed by atoms with Crippen molar-refractivity contribution in [3.05, 3.63) is 244 Å². The fourth-order valence-corrected chi connectivity index (χ4v) is 7.96. The Morgan fingerprint density at radius 2 is 1.01 bits per heavy atom. The molecule has 3 heterocycles. The Kier molecular flexibility index (Phi) is 14.6. The molecule has 0 aliphatic rings. The van der Waals surface area contributed by atoms with Crippen LogP contribution in [-0.2, 0) is 19.8 Å². The number of amides is 1. The van der Waals surface area contributed by atoms with Crippen molar-refractivity contribution in [1.29, 1.82) is 0 Å². The molecule has 0 saturated heterocycles. The maximum atomic E-state index is 12.7. The molecule has 0 atom stereocenters. The third kappa shape index (κ3) is 11.3. The maximum absolute atomic E-state index is 12.7. The Labute approximate surface area is 399 Å². The second-order valence-corrected chi connectivity index (χ2v) is 16.5. The predicted octanol–water partition coefficient (Wildman–Crippen LogP) is 13.4. The molecule has 0 fully saturated rings. The van der Waals surface area contributed by atoms with Crippen LogP contribution in [0.15, 0.2) is 194 Å². The summed E-state index contributed by atoms with van der Waals surface area (Å²) >= 11 is 12.7. The zero-order chi connectivity index (χ0) is 46.7. The molecule has 9 nitrogen and oxygen atoms in total. The molecule has 0 spiro atoms. The average molecular weight is 926 g/mol. The van der Waals surface area contributed by atoms with E-state index in [4.69, 9.17) is 32.7 Å². The highest BCUT2D eigenvalue weighted by Crippen LogP contribution is 2.38. The molecule has 6 aromatic carbocycles. The van der Waals surface area contributed by atoms with Gasteiger partial charge in [-0.2, -0.15) is 0 Å². The Hall–Kier alpha value is -7.85. The van der Waals surface area contributed by atoms with Crippen LogP contribution in [0.4, 0.5) is 0 Å². The monoisotopic (exact) mass is 924 g/mol. The summed E-state index contributed by atoms with van der Waals surface area (Å²) in [5.74, 6) is 0.396. The Bertz CT molecular complexity index is 3100. The second kappa shape index (κ2) is 21.4. The van der Waals surface area contributed by atoms with E-state index in [0.717, 1.165) is 73.5 Å². The molecule has 9 rings (SSSR count). The fraction of sp³-hybridized carbons (Fsp3) is 0.0893. The zero-order valence-corrected chi connectivity index (χ0v) is 38.3. The molecule has 0 aliphatic carbocycles. The van der Waals surface area contributed by atoms with Crippen molar-refractivity contribution < 1.29 is 24.2 Å². The number of carbonyl (C=O) groups excluding carboxylic acids is 1. The number of aromatic carboxylic acids is 1. The van der Waals surface area contributed by atoms with Gasteiger partial charge in [0, 0.05) is 68.4 Å². The summed E-state index contributed by atoms with van der Waals surface area (Å²) in [7, 11) is 0. The van der Waals surface area contributed by atoms with Gasteiger partial charge in [-0.15, -0.1) is 0 Å². The summed E-state index contributed by atoms with van der Waals surface area (Å²) in [6.45, 7) is 5.38. The predicted molar refractivity (Wildman–Crippen MR) is 266 cm³/mol. The molecule has 0 saturated carbocycles. The highest BCUT2D eigenvalue weighted by atomic mass is 35.5. The minimum Gasteiger partial charge on any atom is -0.488 e. The molecule has 67 heavy (non-hydrogen) atoms. The van der Waals surface area contributed by atoms with Gasteiger partial charge in [0.15, 0.2) is 0 Å². The molecule has 0 aliphatic heterocycles. The van der Waals surface area contributed by atoms with Crippen LogP contribution in [0.1, 0.15) is 48.8 Å². The molecule has 0 unspecified atom stereocenters. The van der Waals surface area contributed by atoms with E-state index in [1.807, 2.05) is 159 Å². The number of carboxylic acid groups (broad SMARTS) is 1. The number of nitrogens with zero attached hydrogens (tertiary/aromatic N) is 3. The minimum atomic E-state index is -0.947. The molecule has 11 heteroatoms. The number of aryl methyl sites for hydroxylation is 2. The molecule has 9 aromatic rings. The summed E-state index contributed by atoms with van der Waals surface area (Å²) in [6.07, 6.45) is 3.46. The number of aromatic nitrogens is 3. The van der Waals surface area contributed by atoms with E-state index >= 15 is 0 Å². The van der Waals surface area contributed by atoms with Crippen LogP contribution in [0.2, 0.25) is 10.0 Å². The quantitative estimate of drug-likeness (QED) is 0.112. The van der Waals surface area contributed by atoms with E-state index in [2.05, 4.69) is 31.6 Å². The number of hydrogen-bond acceptors (Lipinski definition) is 5. The van der Waals surface area contributed by atoms with Crippen molar-refractivity contribution in [3.8, 4) is 45.4 Å². The second-order valence-electron chi connectivity index (χ2n) is 15.7. The van der Waals surface area contributed by atoms with Gasteiger partial charge in [0.2, 0.25) is 0 Å². The van der Waals surface area contributed by atoms with Crippen LogP contribution < -0.4 is 14.8 Å². The van der Waals surface area contributed by atoms with Gasteiger partial charge in [-0.1, -0.05) is 89.9 Å². The van der Waals surface area contributed by atoms with Gasteiger partial charge < -0.3 is 29.0 Å². The minimum absolute atomic E-state index is 0.133. The zero-order valence-electron chi connectivity index (χ0n) is 36.8. The number of carbonyl (C=O) groups is 2. The normalized spacial score (nSPS) is 10.7. The lowest BCUT2D eigenvalue weighted by Gasteiger charge is -2.16. The molecule has 0 bridgehead atoms. The summed E-state index contributed by atoms with van der Waals surface area (Å²) in [6, 6.07) is 57.6. The number of nitrogens with one attached hydrogen (secondary N) is 1. The Morgan fingerprint density at radius 1 is 0.552 bits per heavy atom. The average Bonchev–Trinajstić information content (AvgIpc) is 3.95. The largest absolute Gasteiger partial charge is 0.488 e. The lowest BCUT2D eigenvalue weighted by atomic mass is 10.1. The van der Waals surface area contributed by atoms with Crippen molar-refractivity contribution >= 4 is 35.1 Å². The fourth-order valence-electron chi connectivity index (χ4n) is 7.61. The SMILES string of the molecule is Cc1ccc(-c2cc(Cl)ccc2OCc2ccccc2)n1-c1ccc(C(=O)NCc2cccnc2)cc1.Cc1ccc(-c2cc(Cl)ccc2OCc2ccccc2)n1-c1ccc(C(=O)O)cc1. The van der Waals surface area contributed by atoms with E-state index in [1.54, 1.807) is 36.7 Å². The van der Waals surface area contributed by atoms with E-state index in [0.29, 0.717) is 35.4 Å². The lowest BCUT2D eigenvalue weighted by Crippen LogP contribution is -2.22. The highest BCUT2D eigenvalue weighted by Gasteiger charge is 2.18. The van der Waals surface area contributed by atoms with Crippen molar-refractivity contribution in [2.45, 2.75) is 33.6 Å².